The van der Waals surface area contributed by atoms with E-state index in [9.17, 15) is 0 Å². The molecule has 4 unspecified atom stereocenters. The molecule has 0 radical (unpaired) electrons. The van der Waals surface area contributed by atoms with Crippen molar-refractivity contribution in [3.63, 3.8) is 0 Å². The molecule has 1 nitrogen and oxygen atoms in total. The maximum absolute atomic E-state index is 4.09. The minimum absolute atomic E-state index is 0.816. The molecule has 2 rings (SSSR count). The van der Waals surface area contributed by atoms with Crippen LogP contribution in [0.1, 0.15) is 91.4 Å². The topological polar surface area (TPSA) is 12.0 Å². The SMILES string of the molecule is CCCC1CCCC(NC2CCCCC2C(C)C)CC1. The van der Waals surface area contributed by atoms with Crippen molar-refractivity contribution in [2.24, 2.45) is 17.8 Å². The second kappa shape index (κ2) is 8.41. The molecule has 0 aromatic carbocycles. The van der Waals surface area contributed by atoms with Gasteiger partial charge in [0.05, 0.1) is 0 Å². The van der Waals surface area contributed by atoms with Crippen molar-refractivity contribution in [3.05, 3.63) is 0 Å². The van der Waals surface area contributed by atoms with Crippen LogP contribution in [0, 0.1) is 17.8 Å². The first-order valence-electron chi connectivity index (χ1n) is 9.46. The van der Waals surface area contributed by atoms with Gasteiger partial charge in [-0.1, -0.05) is 59.3 Å². The third-order valence-corrected chi connectivity index (χ3v) is 5.91. The monoisotopic (exact) mass is 279 g/mol. The van der Waals surface area contributed by atoms with Gasteiger partial charge in [-0.05, 0) is 49.9 Å². The van der Waals surface area contributed by atoms with Gasteiger partial charge in [0.15, 0.2) is 0 Å². The molecule has 2 fully saturated rings. The van der Waals surface area contributed by atoms with Gasteiger partial charge in [-0.3, -0.25) is 0 Å². The minimum atomic E-state index is 0.816. The Hall–Kier alpha value is -0.0400. The molecule has 1 heteroatoms. The normalized spacial score (nSPS) is 36.0. The van der Waals surface area contributed by atoms with Gasteiger partial charge in [0.2, 0.25) is 0 Å². The molecule has 20 heavy (non-hydrogen) atoms. The van der Waals surface area contributed by atoms with E-state index in [2.05, 4.69) is 26.1 Å². The van der Waals surface area contributed by atoms with Crippen LogP contribution in [-0.2, 0) is 0 Å². The average molecular weight is 280 g/mol. The van der Waals surface area contributed by atoms with E-state index < -0.39 is 0 Å². The summed E-state index contributed by atoms with van der Waals surface area (Å²) in [5.74, 6) is 2.81. The molecule has 1 N–H and O–H groups in total. The first-order chi connectivity index (χ1) is 9.70. The summed E-state index contributed by atoms with van der Waals surface area (Å²) in [4.78, 5) is 0. The fraction of sp³-hybridized carbons (Fsp3) is 1.00. The first-order valence-corrected chi connectivity index (χ1v) is 9.46. The molecule has 2 aliphatic carbocycles. The van der Waals surface area contributed by atoms with Gasteiger partial charge in [0, 0.05) is 12.1 Å². The Morgan fingerprint density at radius 1 is 0.900 bits per heavy atom. The highest BCUT2D eigenvalue weighted by atomic mass is 15.0. The summed E-state index contributed by atoms with van der Waals surface area (Å²) in [5.41, 5.74) is 0. The Morgan fingerprint density at radius 3 is 2.45 bits per heavy atom. The summed E-state index contributed by atoms with van der Waals surface area (Å²) in [7, 11) is 0. The van der Waals surface area contributed by atoms with E-state index in [0.717, 1.165) is 29.8 Å². The molecule has 2 aliphatic rings. The maximum atomic E-state index is 4.09. The summed E-state index contributed by atoms with van der Waals surface area (Å²) in [6.45, 7) is 7.19. The summed E-state index contributed by atoms with van der Waals surface area (Å²) >= 11 is 0. The van der Waals surface area contributed by atoms with Crippen LogP contribution < -0.4 is 5.32 Å². The van der Waals surface area contributed by atoms with Crippen LogP contribution in [0.4, 0.5) is 0 Å². The van der Waals surface area contributed by atoms with Crippen molar-refractivity contribution >= 4 is 0 Å². The van der Waals surface area contributed by atoms with Gasteiger partial charge in [-0.2, -0.15) is 0 Å². The van der Waals surface area contributed by atoms with Crippen LogP contribution in [0.3, 0.4) is 0 Å². The molecular formula is C19H37N. The van der Waals surface area contributed by atoms with E-state index in [1.165, 1.54) is 70.6 Å². The van der Waals surface area contributed by atoms with Crippen molar-refractivity contribution in [1.29, 1.82) is 0 Å². The largest absolute Gasteiger partial charge is 0.311 e. The van der Waals surface area contributed by atoms with Crippen LogP contribution in [-0.4, -0.2) is 12.1 Å². The quantitative estimate of drug-likeness (QED) is 0.651. The van der Waals surface area contributed by atoms with E-state index in [1.807, 2.05) is 0 Å². The highest BCUT2D eigenvalue weighted by Gasteiger charge is 2.29. The Kier molecular flexibility index (Phi) is 6.87. The smallest absolute Gasteiger partial charge is 0.0100 e. The summed E-state index contributed by atoms with van der Waals surface area (Å²) in [6.07, 6.45) is 15.9. The molecular weight excluding hydrogens is 242 g/mol. The molecule has 0 heterocycles. The van der Waals surface area contributed by atoms with Crippen LogP contribution in [0.5, 0.6) is 0 Å². The molecule has 0 aliphatic heterocycles. The van der Waals surface area contributed by atoms with E-state index >= 15 is 0 Å². The van der Waals surface area contributed by atoms with Crippen molar-refractivity contribution in [3.8, 4) is 0 Å². The van der Waals surface area contributed by atoms with Crippen LogP contribution in [0.2, 0.25) is 0 Å². The molecule has 4 atom stereocenters. The standard InChI is InChI=1S/C19H37N/c1-4-8-16-9-7-10-17(14-13-16)20-19-12-6-5-11-18(19)15(2)3/h15-20H,4-14H2,1-3H3. The van der Waals surface area contributed by atoms with Gasteiger partial charge >= 0.3 is 0 Å². The second-order valence-electron chi connectivity index (χ2n) is 7.83. The molecule has 2 saturated carbocycles. The second-order valence-corrected chi connectivity index (χ2v) is 7.83. The van der Waals surface area contributed by atoms with E-state index in [0.29, 0.717) is 0 Å². The Bertz CT molecular complexity index is 260. The molecule has 0 bridgehead atoms. The van der Waals surface area contributed by atoms with Crippen molar-refractivity contribution < 1.29 is 0 Å². The Balaban J connectivity index is 1.82. The van der Waals surface area contributed by atoms with Gasteiger partial charge in [0.25, 0.3) is 0 Å². The zero-order valence-electron chi connectivity index (χ0n) is 14.2. The summed E-state index contributed by atoms with van der Waals surface area (Å²) < 4.78 is 0. The molecule has 0 aromatic heterocycles. The first kappa shape index (κ1) is 16.3. The predicted octanol–water partition coefficient (Wildman–Crippen LogP) is 5.54. The zero-order valence-corrected chi connectivity index (χ0v) is 14.2. The molecule has 0 aromatic rings. The lowest BCUT2D eigenvalue weighted by Gasteiger charge is -2.37. The lowest BCUT2D eigenvalue weighted by atomic mass is 9.77. The number of nitrogens with one attached hydrogen (secondary N) is 1. The number of hydrogen-bond acceptors (Lipinski definition) is 1. The van der Waals surface area contributed by atoms with E-state index in [4.69, 9.17) is 0 Å². The van der Waals surface area contributed by atoms with E-state index in [1.54, 1.807) is 0 Å². The van der Waals surface area contributed by atoms with Crippen molar-refractivity contribution in [2.75, 3.05) is 0 Å². The third-order valence-electron chi connectivity index (χ3n) is 5.91. The minimum Gasteiger partial charge on any atom is -0.311 e. The van der Waals surface area contributed by atoms with E-state index in [-0.39, 0.29) is 0 Å². The fourth-order valence-electron chi connectivity index (χ4n) is 4.71. The van der Waals surface area contributed by atoms with Crippen LogP contribution in [0.15, 0.2) is 0 Å². The molecule has 0 saturated heterocycles. The molecule has 0 spiro atoms. The van der Waals surface area contributed by atoms with Gasteiger partial charge < -0.3 is 5.32 Å². The highest BCUT2D eigenvalue weighted by Crippen LogP contribution is 2.32. The van der Waals surface area contributed by atoms with Crippen LogP contribution >= 0.6 is 0 Å². The third kappa shape index (κ3) is 4.76. The predicted molar refractivity (Wildman–Crippen MR) is 89.0 cm³/mol. The van der Waals surface area contributed by atoms with Gasteiger partial charge in [-0.25, -0.2) is 0 Å². The number of rotatable bonds is 5. The average Bonchev–Trinajstić information content (AvgIpc) is 2.65. The fourth-order valence-corrected chi connectivity index (χ4v) is 4.71. The Morgan fingerprint density at radius 2 is 1.70 bits per heavy atom. The van der Waals surface area contributed by atoms with Crippen molar-refractivity contribution in [1.82, 2.24) is 5.32 Å². The lowest BCUT2D eigenvalue weighted by Crippen LogP contribution is -2.45. The van der Waals surface area contributed by atoms with Crippen LogP contribution in [0.25, 0.3) is 0 Å². The number of hydrogen-bond donors (Lipinski definition) is 1. The highest BCUT2D eigenvalue weighted by molar-refractivity contribution is 4.86. The summed E-state index contributed by atoms with van der Waals surface area (Å²) in [6, 6.07) is 1.64. The summed E-state index contributed by atoms with van der Waals surface area (Å²) in [5, 5.41) is 4.09. The molecule has 0 amide bonds. The van der Waals surface area contributed by atoms with Crippen molar-refractivity contribution in [2.45, 2.75) is 103 Å². The zero-order chi connectivity index (χ0) is 14.4. The lowest BCUT2D eigenvalue weighted by molar-refractivity contribution is 0.187. The van der Waals surface area contributed by atoms with Gasteiger partial charge in [0.1, 0.15) is 0 Å². The molecule has 118 valence electrons. The maximum Gasteiger partial charge on any atom is 0.0100 e. The Labute approximate surface area is 127 Å². The van der Waals surface area contributed by atoms with Gasteiger partial charge in [-0.15, -0.1) is 0 Å².